The van der Waals surface area contributed by atoms with Crippen LogP contribution in [0.5, 0.6) is 0 Å². The van der Waals surface area contributed by atoms with Crippen LogP contribution < -0.4 is 10.2 Å². The molecule has 0 saturated carbocycles. The van der Waals surface area contributed by atoms with E-state index in [2.05, 4.69) is 31.5 Å². The number of rotatable bonds is 6. The molecule has 0 radical (unpaired) electrons. The van der Waals surface area contributed by atoms with Gasteiger partial charge in [0.2, 0.25) is 0 Å². The number of amides is 1. The lowest BCUT2D eigenvalue weighted by molar-refractivity contribution is -0.138. The zero-order valence-corrected chi connectivity index (χ0v) is 20.8. The van der Waals surface area contributed by atoms with Crippen molar-refractivity contribution in [2.24, 2.45) is 0 Å². The van der Waals surface area contributed by atoms with Crippen molar-refractivity contribution in [3.8, 4) is 0 Å². The summed E-state index contributed by atoms with van der Waals surface area (Å²) in [5.74, 6) is -0.458. The number of carbonyl (C=O) groups excluding carboxylic acids is 1. The lowest BCUT2D eigenvalue weighted by Crippen LogP contribution is -2.20. The molecule has 1 aliphatic heterocycles. The van der Waals surface area contributed by atoms with Crippen molar-refractivity contribution in [1.82, 2.24) is 20.1 Å². The Hall–Kier alpha value is -3.92. The largest absolute Gasteiger partial charge is 0.416 e. The fraction of sp³-hybridized carbons (Fsp3) is 0.296. The highest BCUT2D eigenvalue weighted by Crippen LogP contribution is 2.35. The van der Waals surface area contributed by atoms with Crippen molar-refractivity contribution in [2.45, 2.75) is 32.6 Å². The molecular weight excluding hydrogens is 481 g/mol. The van der Waals surface area contributed by atoms with E-state index in [4.69, 9.17) is 0 Å². The van der Waals surface area contributed by atoms with Gasteiger partial charge in [-0.1, -0.05) is 12.1 Å². The molecule has 1 amide bonds. The van der Waals surface area contributed by atoms with E-state index in [0.717, 1.165) is 52.6 Å². The number of fused-ring (bicyclic) bond motifs is 2. The lowest BCUT2D eigenvalue weighted by Gasteiger charge is -2.20. The van der Waals surface area contributed by atoms with Gasteiger partial charge in [0.15, 0.2) is 5.65 Å². The molecule has 5 rings (SSSR count). The van der Waals surface area contributed by atoms with Crippen LogP contribution >= 0.6 is 0 Å². The molecule has 2 aromatic carbocycles. The number of aryl methyl sites for hydroxylation is 1. The number of hydrogen-bond acceptors (Lipinski definition) is 5. The molecule has 0 aliphatic carbocycles. The second-order valence-corrected chi connectivity index (χ2v) is 9.63. The molecule has 7 nitrogen and oxygen atoms in total. The van der Waals surface area contributed by atoms with Gasteiger partial charge in [0, 0.05) is 48.2 Å². The van der Waals surface area contributed by atoms with E-state index in [1.54, 1.807) is 31.1 Å². The summed E-state index contributed by atoms with van der Waals surface area (Å²) in [6.07, 6.45) is -1.86. The highest BCUT2D eigenvalue weighted by atomic mass is 19.4. The van der Waals surface area contributed by atoms with Crippen molar-refractivity contribution in [3.63, 3.8) is 0 Å². The lowest BCUT2D eigenvalue weighted by atomic mass is 10.0. The number of hydrogen-bond donors (Lipinski definition) is 2. The Balaban J connectivity index is 1.36. The monoisotopic (exact) mass is 508 g/mol. The molecule has 0 saturated heterocycles. The summed E-state index contributed by atoms with van der Waals surface area (Å²) in [4.78, 5) is 21.3. The average Bonchev–Trinajstić information content (AvgIpc) is 3.42. The molecule has 0 bridgehead atoms. The quantitative estimate of drug-likeness (QED) is 0.376. The number of nitrogens with zero attached hydrogens (tertiary/aromatic N) is 4. The molecule has 192 valence electrons. The summed E-state index contributed by atoms with van der Waals surface area (Å²) in [6.45, 7) is 3.49. The molecule has 0 fully saturated rings. The topological polar surface area (TPSA) is 77.1 Å². The molecule has 0 unspecified atom stereocenters. The van der Waals surface area contributed by atoms with Crippen LogP contribution in [-0.2, 0) is 25.7 Å². The van der Waals surface area contributed by atoms with Gasteiger partial charge in [-0.05, 0) is 74.5 Å². The Morgan fingerprint density at radius 2 is 1.97 bits per heavy atom. The zero-order chi connectivity index (χ0) is 26.3. The number of anilines is 2. The maximum atomic E-state index is 13.7. The molecule has 0 spiro atoms. The third kappa shape index (κ3) is 5.15. The van der Waals surface area contributed by atoms with E-state index in [1.807, 2.05) is 19.2 Å². The first-order valence-corrected chi connectivity index (χ1v) is 11.9. The molecule has 2 N–H and O–H groups in total. The Morgan fingerprint density at radius 1 is 1.16 bits per heavy atom. The van der Waals surface area contributed by atoms with Crippen LogP contribution in [0.3, 0.4) is 0 Å². The number of H-pyrrole nitrogens is 1. The van der Waals surface area contributed by atoms with Gasteiger partial charge in [0.05, 0.1) is 11.3 Å². The molecule has 1 aliphatic rings. The van der Waals surface area contributed by atoms with Gasteiger partial charge >= 0.3 is 6.18 Å². The van der Waals surface area contributed by atoms with E-state index in [0.29, 0.717) is 12.1 Å². The number of benzene rings is 2. The fourth-order valence-corrected chi connectivity index (χ4v) is 4.73. The molecule has 2 aromatic heterocycles. The first kappa shape index (κ1) is 24.8. The molecule has 37 heavy (non-hydrogen) atoms. The number of nitrogens with one attached hydrogen (secondary N) is 2. The number of halogens is 3. The van der Waals surface area contributed by atoms with Crippen LogP contribution in [0.25, 0.3) is 11.0 Å². The number of pyridine rings is 1. The Bertz CT molecular complexity index is 1480. The third-order valence-electron chi connectivity index (χ3n) is 6.54. The molecule has 0 atom stereocenters. The summed E-state index contributed by atoms with van der Waals surface area (Å²) in [6, 6.07) is 11.4. The smallest absolute Gasteiger partial charge is 0.367 e. The first-order valence-electron chi connectivity index (χ1n) is 11.9. The van der Waals surface area contributed by atoms with Crippen LogP contribution in [0, 0.1) is 6.92 Å². The van der Waals surface area contributed by atoms with Crippen LogP contribution in [0.1, 0.15) is 38.3 Å². The summed E-state index contributed by atoms with van der Waals surface area (Å²) in [5, 5.41) is 10.7. The Morgan fingerprint density at radius 3 is 2.73 bits per heavy atom. The van der Waals surface area contributed by atoms with Gasteiger partial charge in [-0.3, -0.25) is 9.89 Å². The Kier molecular flexibility index (Phi) is 6.36. The van der Waals surface area contributed by atoms with Gasteiger partial charge in [0.1, 0.15) is 0 Å². The molecule has 3 heterocycles. The maximum absolute atomic E-state index is 13.7. The summed E-state index contributed by atoms with van der Waals surface area (Å²) >= 11 is 0. The van der Waals surface area contributed by atoms with Crippen LogP contribution in [0.2, 0.25) is 0 Å². The van der Waals surface area contributed by atoms with Gasteiger partial charge in [-0.25, -0.2) is 4.98 Å². The van der Waals surface area contributed by atoms with Crippen molar-refractivity contribution < 1.29 is 18.0 Å². The third-order valence-corrected chi connectivity index (χ3v) is 6.54. The molecular formula is C27H27F3N6O. The Labute approximate surface area is 212 Å². The van der Waals surface area contributed by atoms with Crippen molar-refractivity contribution >= 4 is 28.3 Å². The summed E-state index contributed by atoms with van der Waals surface area (Å²) in [5.41, 5.74) is 4.60. The van der Waals surface area contributed by atoms with Crippen LogP contribution in [0.4, 0.5) is 24.5 Å². The SMILES string of the molecule is Cc1n[nH]c2ncc(CN3CCc4ccc(C(=O)Nc5ccc(CN(C)C)c(C(F)(F)F)c5)cc43)cc12. The van der Waals surface area contributed by atoms with Crippen molar-refractivity contribution in [3.05, 3.63) is 82.2 Å². The zero-order valence-electron chi connectivity index (χ0n) is 20.8. The van der Waals surface area contributed by atoms with Crippen LogP contribution in [-0.4, -0.2) is 46.6 Å². The van der Waals surface area contributed by atoms with E-state index >= 15 is 0 Å². The highest BCUT2D eigenvalue weighted by Gasteiger charge is 2.34. The number of carbonyl (C=O) groups is 1. The minimum Gasteiger partial charge on any atom is -0.367 e. The predicted molar refractivity (Wildman–Crippen MR) is 137 cm³/mol. The van der Waals surface area contributed by atoms with E-state index in [9.17, 15) is 18.0 Å². The predicted octanol–water partition coefficient (Wildman–Crippen LogP) is 5.16. The maximum Gasteiger partial charge on any atom is 0.416 e. The second-order valence-electron chi connectivity index (χ2n) is 9.63. The summed E-state index contributed by atoms with van der Waals surface area (Å²) < 4.78 is 41.0. The highest BCUT2D eigenvalue weighted by molar-refractivity contribution is 6.05. The first-order chi connectivity index (χ1) is 17.6. The van der Waals surface area contributed by atoms with Gasteiger partial charge in [-0.15, -0.1) is 0 Å². The number of aromatic amines is 1. The van der Waals surface area contributed by atoms with Gasteiger partial charge in [-0.2, -0.15) is 18.3 Å². The standard InChI is InChI=1S/C27H27F3N6O/c1-16-22-10-17(13-31-25(22)34-33-16)14-36-9-8-18-4-5-19(11-24(18)36)26(37)32-21-7-6-20(15-35(2)3)23(12-21)27(28,29)30/h4-7,10-13H,8-9,14-15H2,1-3H3,(H,32,37)(H,31,33,34). The van der Waals surface area contributed by atoms with Gasteiger partial charge < -0.3 is 15.1 Å². The fourth-order valence-electron chi connectivity index (χ4n) is 4.73. The van der Waals surface area contributed by atoms with E-state index in [-0.39, 0.29) is 17.8 Å². The second kappa shape index (κ2) is 9.51. The summed E-state index contributed by atoms with van der Waals surface area (Å²) in [7, 11) is 3.42. The normalized spacial score (nSPS) is 13.4. The van der Waals surface area contributed by atoms with E-state index < -0.39 is 17.6 Å². The van der Waals surface area contributed by atoms with Crippen LogP contribution in [0.15, 0.2) is 48.7 Å². The minimum atomic E-state index is -4.52. The average molecular weight is 509 g/mol. The number of alkyl halides is 3. The van der Waals surface area contributed by atoms with Gasteiger partial charge in [0.25, 0.3) is 5.91 Å². The van der Waals surface area contributed by atoms with Crippen molar-refractivity contribution in [1.29, 1.82) is 0 Å². The molecule has 4 aromatic rings. The van der Waals surface area contributed by atoms with E-state index in [1.165, 1.54) is 12.1 Å². The number of aromatic nitrogens is 3. The van der Waals surface area contributed by atoms with Crippen molar-refractivity contribution in [2.75, 3.05) is 30.9 Å². The molecule has 10 heteroatoms. The minimum absolute atomic E-state index is 0.104.